The van der Waals surface area contributed by atoms with Crippen molar-refractivity contribution in [3.8, 4) is 0 Å². The molecule has 0 rings (SSSR count). The average Bonchev–Trinajstić information content (AvgIpc) is 2.16. The Balaban J connectivity index is 3.74. The molecule has 0 aliphatic rings. The van der Waals surface area contributed by atoms with Gasteiger partial charge < -0.3 is 10.0 Å². The summed E-state index contributed by atoms with van der Waals surface area (Å²) in [6.07, 6.45) is 1.04. The molecule has 4 nitrogen and oxygen atoms in total. The van der Waals surface area contributed by atoms with Gasteiger partial charge in [-0.25, -0.2) is 0 Å². The molecule has 88 valence electrons. The number of rotatable bonds is 7. The number of hydrogen-bond donors (Lipinski definition) is 1. The predicted octanol–water partition coefficient (Wildman–Crippen LogP) is 1.31. The Hall–Kier alpha value is -0.710. The minimum absolute atomic E-state index is 0.00144. The van der Waals surface area contributed by atoms with E-state index in [2.05, 4.69) is 13.8 Å². The first-order chi connectivity index (χ1) is 6.97. The van der Waals surface area contributed by atoms with Crippen LogP contribution in [-0.4, -0.2) is 47.0 Å². The van der Waals surface area contributed by atoms with E-state index >= 15 is 0 Å². The van der Waals surface area contributed by atoms with Gasteiger partial charge in [-0.2, -0.15) is 0 Å². The van der Waals surface area contributed by atoms with E-state index in [1.807, 2.05) is 0 Å². The fourth-order valence-electron chi connectivity index (χ4n) is 1.03. The Morgan fingerprint density at radius 3 is 2.47 bits per heavy atom. The lowest BCUT2D eigenvalue weighted by atomic mass is 10.1. The monoisotopic (exact) mass is 233 g/mol. The highest BCUT2D eigenvalue weighted by Crippen LogP contribution is 2.06. The van der Waals surface area contributed by atoms with Crippen molar-refractivity contribution < 1.29 is 14.7 Å². The summed E-state index contributed by atoms with van der Waals surface area (Å²) < 4.78 is 0. The van der Waals surface area contributed by atoms with Crippen molar-refractivity contribution in [3.05, 3.63) is 0 Å². The lowest BCUT2D eigenvalue weighted by Gasteiger charge is -2.20. The Bertz CT molecular complexity index is 221. The number of nitrogens with zero attached hydrogens (tertiary/aromatic N) is 1. The summed E-state index contributed by atoms with van der Waals surface area (Å²) in [7, 11) is 1.76. The molecule has 0 heterocycles. The second-order valence-electron chi connectivity index (χ2n) is 3.67. The maximum Gasteiger partial charge on any atom is 0.313 e. The first kappa shape index (κ1) is 14.3. The van der Waals surface area contributed by atoms with Gasteiger partial charge in [-0.1, -0.05) is 20.3 Å². The smallest absolute Gasteiger partial charge is 0.313 e. The fourth-order valence-corrected chi connectivity index (χ4v) is 1.71. The molecule has 0 aromatic rings. The Labute approximate surface area is 95.0 Å². The van der Waals surface area contributed by atoms with E-state index in [1.54, 1.807) is 11.9 Å². The van der Waals surface area contributed by atoms with Gasteiger partial charge in [0.05, 0.1) is 11.5 Å². The zero-order valence-electron chi connectivity index (χ0n) is 9.52. The maximum absolute atomic E-state index is 11.5. The zero-order chi connectivity index (χ0) is 11.8. The average molecular weight is 233 g/mol. The molecule has 0 saturated heterocycles. The van der Waals surface area contributed by atoms with Gasteiger partial charge in [0.1, 0.15) is 0 Å². The summed E-state index contributed by atoms with van der Waals surface area (Å²) in [6.45, 7) is 4.92. The molecule has 1 unspecified atom stereocenters. The number of carbonyl (C=O) groups excluding carboxylic acids is 1. The molecule has 1 N–H and O–H groups in total. The van der Waals surface area contributed by atoms with Crippen molar-refractivity contribution in [1.29, 1.82) is 0 Å². The van der Waals surface area contributed by atoms with E-state index in [4.69, 9.17) is 5.11 Å². The van der Waals surface area contributed by atoms with E-state index in [1.165, 1.54) is 0 Å². The predicted molar refractivity (Wildman–Crippen MR) is 62.1 cm³/mol. The number of carboxylic acid groups (broad SMARTS) is 1. The number of carboxylic acids is 1. The molecule has 0 aliphatic heterocycles. The Morgan fingerprint density at radius 1 is 1.40 bits per heavy atom. The van der Waals surface area contributed by atoms with Crippen LogP contribution in [0.25, 0.3) is 0 Å². The number of thioether (sulfide) groups is 1. The van der Waals surface area contributed by atoms with E-state index in [0.29, 0.717) is 5.92 Å². The van der Waals surface area contributed by atoms with E-state index in [-0.39, 0.29) is 17.4 Å². The van der Waals surface area contributed by atoms with Crippen LogP contribution in [0.4, 0.5) is 0 Å². The molecule has 5 heteroatoms. The van der Waals surface area contributed by atoms with Crippen LogP contribution in [0, 0.1) is 5.92 Å². The molecule has 0 radical (unpaired) electrons. The largest absolute Gasteiger partial charge is 0.481 e. The van der Waals surface area contributed by atoms with Crippen LogP contribution < -0.4 is 0 Å². The van der Waals surface area contributed by atoms with Gasteiger partial charge in [0.25, 0.3) is 0 Å². The molecule has 0 saturated carbocycles. The normalized spacial score (nSPS) is 12.2. The standard InChI is InChI=1S/C10H19NO3S/c1-4-8(2)5-11(3)9(12)6-15-7-10(13)14/h8H,4-7H2,1-3H3,(H,13,14). The first-order valence-corrected chi connectivity index (χ1v) is 6.16. The molecule has 1 amide bonds. The van der Waals surface area contributed by atoms with Gasteiger partial charge >= 0.3 is 5.97 Å². The summed E-state index contributed by atoms with van der Waals surface area (Å²) in [4.78, 5) is 23.4. The van der Waals surface area contributed by atoms with Crippen molar-refractivity contribution in [2.75, 3.05) is 25.1 Å². The molecule has 0 aromatic carbocycles. The molecule has 0 spiro atoms. The number of carbonyl (C=O) groups is 2. The number of aliphatic carboxylic acids is 1. The SMILES string of the molecule is CCC(C)CN(C)C(=O)CSCC(=O)O. The summed E-state index contributed by atoms with van der Waals surface area (Å²) >= 11 is 1.14. The Morgan fingerprint density at radius 2 is 2.00 bits per heavy atom. The van der Waals surface area contributed by atoms with Crippen LogP contribution in [-0.2, 0) is 9.59 Å². The minimum Gasteiger partial charge on any atom is -0.481 e. The molecule has 0 bridgehead atoms. The van der Waals surface area contributed by atoms with Gasteiger partial charge in [0.2, 0.25) is 5.91 Å². The molecular formula is C10H19NO3S. The van der Waals surface area contributed by atoms with Crippen molar-refractivity contribution >= 4 is 23.6 Å². The quantitative estimate of drug-likeness (QED) is 0.720. The fraction of sp³-hybridized carbons (Fsp3) is 0.800. The number of hydrogen-bond acceptors (Lipinski definition) is 3. The molecular weight excluding hydrogens is 214 g/mol. The van der Waals surface area contributed by atoms with Gasteiger partial charge in [-0.3, -0.25) is 9.59 Å². The summed E-state index contributed by atoms with van der Waals surface area (Å²) in [5.74, 6) is -0.148. The van der Waals surface area contributed by atoms with E-state index < -0.39 is 5.97 Å². The van der Waals surface area contributed by atoms with Crippen molar-refractivity contribution in [2.24, 2.45) is 5.92 Å². The van der Waals surface area contributed by atoms with Crippen molar-refractivity contribution in [3.63, 3.8) is 0 Å². The van der Waals surface area contributed by atoms with Crippen LogP contribution in [0.3, 0.4) is 0 Å². The third-order valence-corrected chi connectivity index (χ3v) is 3.06. The minimum atomic E-state index is -0.877. The summed E-state index contributed by atoms with van der Waals surface area (Å²) in [6, 6.07) is 0. The number of amides is 1. The lowest BCUT2D eigenvalue weighted by molar-refractivity contribution is -0.133. The van der Waals surface area contributed by atoms with Crippen LogP contribution in [0.15, 0.2) is 0 Å². The molecule has 0 fully saturated rings. The highest BCUT2D eigenvalue weighted by molar-refractivity contribution is 8.00. The van der Waals surface area contributed by atoms with Gasteiger partial charge in [-0.15, -0.1) is 11.8 Å². The first-order valence-electron chi connectivity index (χ1n) is 5.00. The molecule has 1 atom stereocenters. The van der Waals surface area contributed by atoms with Gasteiger partial charge in [-0.05, 0) is 5.92 Å². The maximum atomic E-state index is 11.5. The van der Waals surface area contributed by atoms with Crippen molar-refractivity contribution in [1.82, 2.24) is 4.90 Å². The van der Waals surface area contributed by atoms with Crippen LogP contribution in [0.5, 0.6) is 0 Å². The molecule has 0 aliphatic carbocycles. The van der Waals surface area contributed by atoms with E-state index in [9.17, 15) is 9.59 Å². The summed E-state index contributed by atoms with van der Waals surface area (Å²) in [5.41, 5.74) is 0. The van der Waals surface area contributed by atoms with Gasteiger partial charge in [0.15, 0.2) is 0 Å². The second kappa shape index (κ2) is 7.56. The molecule has 0 aromatic heterocycles. The summed E-state index contributed by atoms with van der Waals surface area (Å²) in [5, 5.41) is 8.40. The van der Waals surface area contributed by atoms with Crippen molar-refractivity contribution in [2.45, 2.75) is 20.3 Å². The third kappa shape index (κ3) is 7.25. The highest BCUT2D eigenvalue weighted by atomic mass is 32.2. The Kier molecular flexibility index (Phi) is 7.21. The van der Waals surface area contributed by atoms with Crippen LogP contribution >= 0.6 is 11.8 Å². The molecule has 15 heavy (non-hydrogen) atoms. The zero-order valence-corrected chi connectivity index (χ0v) is 10.3. The second-order valence-corrected chi connectivity index (χ2v) is 4.66. The topological polar surface area (TPSA) is 57.6 Å². The van der Waals surface area contributed by atoms with Crippen LogP contribution in [0.2, 0.25) is 0 Å². The third-order valence-electron chi connectivity index (χ3n) is 2.16. The van der Waals surface area contributed by atoms with Crippen LogP contribution in [0.1, 0.15) is 20.3 Å². The lowest BCUT2D eigenvalue weighted by Crippen LogP contribution is -2.32. The van der Waals surface area contributed by atoms with Gasteiger partial charge in [0, 0.05) is 13.6 Å². The highest BCUT2D eigenvalue weighted by Gasteiger charge is 2.11. The van der Waals surface area contributed by atoms with E-state index in [0.717, 1.165) is 24.7 Å².